The van der Waals surface area contributed by atoms with Crippen molar-refractivity contribution in [3.05, 3.63) is 28.0 Å². The van der Waals surface area contributed by atoms with Crippen molar-refractivity contribution in [2.24, 2.45) is 5.92 Å². The lowest BCUT2D eigenvalue weighted by atomic mass is 10.1. The number of anilines is 1. The maximum atomic E-state index is 13.2. The normalized spacial score (nSPS) is 20.8. The molecule has 0 aliphatic carbocycles. The molecular formula is C12H14BrFN2O3S. The summed E-state index contributed by atoms with van der Waals surface area (Å²) in [6.45, 7) is 0.280. The molecule has 1 aliphatic heterocycles. The summed E-state index contributed by atoms with van der Waals surface area (Å²) in [7, 11) is -2.96. The van der Waals surface area contributed by atoms with Crippen LogP contribution < -0.4 is 11.1 Å². The molecule has 1 unspecified atom stereocenters. The molecule has 0 spiro atoms. The Morgan fingerprint density at radius 2 is 2.20 bits per heavy atom. The lowest BCUT2D eigenvalue weighted by Gasteiger charge is -2.11. The number of hydrogen-bond acceptors (Lipinski definition) is 4. The number of nitrogen functional groups attached to an aromatic ring is 1. The van der Waals surface area contributed by atoms with Gasteiger partial charge in [0.2, 0.25) is 0 Å². The van der Waals surface area contributed by atoms with E-state index < -0.39 is 21.6 Å². The van der Waals surface area contributed by atoms with Gasteiger partial charge < -0.3 is 11.1 Å². The van der Waals surface area contributed by atoms with Crippen LogP contribution in [0.4, 0.5) is 10.1 Å². The summed E-state index contributed by atoms with van der Waals surface area (Å²) in [6.07, 6.45) is 0.551. The minimum Gasteiger partial charge on any atom is -0.396 e. The molecule has 1 atom stereocenters. The van der Waals surface area contributed by atoms with E-state index >= 15 is 0 Å². The Kier molecular flexibility index (Phi) is 4.33. The largest absolute Gasteiger partial charge is 0.396 e. The highest BCUT2D eigenvalue weighted by molar-refractivity contribution is 9.10. The van der Waals surface area contributed by atoms with Crippen molar-refractivity contribution in [3.8, 4) is 0 Å². The highest BCUT2D eigenvalue weighted by Crippen LogP contribution is 2.23. The van der Waals surface area contributed by atoms with Crippen molar-refractivity contribution in [2.75, 3.05) is 23.8 Å². The number of amides is 1. The van der Waals surface area contributed by atoms with Crippen molar-refractivity contribution in [3.63, 3.8) is 0 Å². The molecule has 8 heteroatoms. The van der Waals surface area contributed by atoms with Crippen molar-refractivity contribution < 1.29 is 17.6 Å². The van der Waals surface area contributed by atoms with Gasteiger partial charge in [0.05, 0.1) is 22.8 Å². The highest BCUT2D eigenvalue weighted by atomic mass is 79.9. The number of nitrogens with one attached hydrogen (secondary N) is 1. The molecular weight excluding hydrogens is 351 g/mol. The number of rotatable bonds is 3. The SMILES string of the molecule is Nc1cc(C(=O)NCC2CCS(=O)(=O)C2)c(Br)cc1F. The Morgan fingerprint density at radius 3 is 2.80 bits per heavy atom. The zero-order valence-electron chi connectivity index (χ0n) is 10.5. The standard InChI is InChI=1S/C12H14BrFN2O3S/c13-9-4-10(14)11(15)3-8(9)12(17)16-5-7-1-2-20(18,19)6-7/h3-4,7H,1-2,5-6,15H2,(H,16,17). The van der Waals surface area contributed by atoms with Gasteiger partial charge in [0.25, 0.3) is 5.91 Å². The van der Waals surface area contributed by atoms with Crippen molar-refractivity contribution >= 4 is 37.4 Å². The van der Waals surface area contributed by atoms with Crippen LogP contribution in [0.2, 0.25) is 0 Å². The second kappa shape index (κ2) is 5.69. The van der Waals surface area contributed by atoms with Crippen LogP contribution in [-0.4, -0.2) is 32.4 Å². The van der Waals surface area contributed by atoms with Crippen LogP contribution in [-0.2, 0) is 9.84 Å². The number of hydrogen-bond donors (Lipinski definition) is 2. The summed E-state index contributed by atoms with van der Waals surface area (Å²) in [5.74, 6) is -0.815. The number of halogens is 2. The van der Waals surface area contributed by atoms with Crippen molar-refractivity contribution in [1.82, 2.24) is 5.32 Å². The van der Waals surface area contributed by atoms with E-state index in [-0.39, 0.29) is 35.2 Å². The molecule has 1 aliphatic rings. The lowest BCUT2D eigenvalue weighted by molar-refractivity contribution is 0.0947. The number of carbonyl (C=O) groups is 1. The van der Waals surface area contributed by atoms with Crippen molar-refractivity contribution in [2.45, 2.75) is 6.42 Å². The van der Waals surface area contributed by atoms with E-state index in [9.17, 15) is 17.6 Å². The second-order valence-corrected chi connectivity index (χ2v) is 7.92. The van der Waals surface area contributed by atoms with E-state index in [4.69, 9.17) is 5.73 Å². The third-order valence-corrected chi connectivity index (χ3v) is 5.70. The molecule has 0 saturated carbocycles. The van der Waals surface area contributed by atoms with Gasteiger partial charge in [-0.1, -0.05) is 0 Å². The minimum atomic E-state index is -2.96. The molecule has 2 rings (SSSR count). The van der Waals surface area contributed by atoms with E-state index in [0.717, 1.165) is 6.07 Å². The minimum absolute atomic E-state index is 0.0690. The third kappa shape index (κ3) is 3.49. The van der Waals surface area contributed by atoms with Crippen LogP contribution in [0.15, 0.2) is 16.6 Å². The smallest absolute Gasteiger partial charge is 0.252 e. The lowest BCUT2D eigenvalue weighted by Crippen LogP contribution is -2.30. The van der Waals surface area contributed by atoms with Crippen LogP contribution in [0.3, 0.4) is 0 Å². The van der Waals surface area contributed by atoms with E-state index in [0.29, 0.717) is 10.9 Å². The second-order valence-electron chi connectivity index (χ2n) is 4.83. The molecule has 0 aromatic heterocycles. The molecule has 1 heterocycles. The predicted molar refractivity (Wildman–Crippen MR) is 77.6 cm³/mol. The van der Waals surface area contributed by atoms with Crippen LogP contribution in [0.5, 0.6) is 0 Å². The van der Waals surface area contributed by atoms with Crippen LogP contribution in [0.25, 0.3) is 0 Å². The molecule has 110 valence electrons. The van der Waals surface area contributed by atoms with Crippen LogP contribution >= 0.6 is 15.9 Å². The molecule has 1 aromatic rings. The number of sulfone groups is 1. The maximum absolute atomic E-state index is 13.2. The zero-order chi connectivity index (χ0) is 14.9. The Hall–Kier alpha value is -1.15. The van der Waals surface area contributed by atoms with Gasteiger partial charge in [-0.25, -0.2) is 12.8 Å². The summed E-state index contributed by atoms with van der Waals surface area (Å²) < 4.78 is 36.1. The quantitative estimate of drug-likeness (QED) is 0.791. The zero-order valence-corrected chi connectivity index (χ0v) is 12.9. The molecule has 0 bridgehead atoms. The average Bonchev–Trinajstić information content (AvgIpc) is 2.70. The van der Waals surface area contributed by atoms with E-state index in [1.54, 1.807) is 0 Å². The Labute approximate surface area is 124 Å². The Bertz CT molecular complexity index is 648. The topological polar surface area (TPSA) is 89.3 Å². The van der Waals surface area contributed by atoms with E-state index in [1.165, 1.54) is 6.07 Å². The van der Waals surface area contributed by atoms with Gasteiger partial charge in [0, 0.05) is 11.0 Å². The maximum Gasteiger partial charge on any atom is 0.252 e. The molecule has 3 N–H and O–H groups in total. The fourth-order valence-corrected chi connectivity index (χ4v) is 4.46. The molecule has 0 radical (unpaired) electrons. The number of nitrogens with two attached hydrogens (primary N) is 1. The highest BCUT2D eigenvalue weighted by Gasteiger charge is 2.28. The molecule has 1 fully saturated rings. The first-order chi connectivity index (χ1) is 9.28. The first kappa shape index (κ1) is 15.2. The number of carbonyl (C=O) groups excluding carboxylic acids is 1. The van der Waals surface area contributed by atoms with E-state index in [1.807, 2.05) is 0 Å². The van der Waals surface area contributed by atoms with Gasteiger partial charge in [-0.05, 0) is 40.4 Å². The Balaban J connectivity index is 2.01. The van der Waals surface area contributed by atoms with Crippen LogP contribution in [0.1, 0.15) is 16.8 Å². The summed E-state index contributed by atoms with van der Waals surface area (Å²) in [4.78, 5) is 12.0. The molecule has 1 aromatic carbocycles. The molecule has 1 amide bonds. The monoisotopic (exact) mass is 364 g/mol. The molecule has 20 heavy (non-hydrogen) atoms. The fraction of sp³-hybridized carbons (Fsp3) is 0.417. The van der Waals surface area contributed by atoms with Crippen molar-refractivity contribution in [1.29, 1.82) is 0 Å². The van der Waals surface area contributed by atoms with E-state index in [2.05, 4.69) is 21.2 Å². The first-order valence-corrected chi connectivity index (χ1v) is 8.63. The molecule has 1 saturated heterocycles. The predicted octanol–water partition coefficient (Wildman–Crippen LogP) is 1.33. The van der Waals surface area contributed by atoms with Gasteiger partial charge in [-0.2, -0.15) is 0 Å². The van der Waals surface area contributed by atoms with Gasteiger partial charge in [0.15, 0.2) is 9.84 Å². The number of benzene rings is 1. The summed E-state index contributed by atoms with van der Waals surface area (Å²) in [5.41, 5.74) is 5.54. The van der Waals surface area contributed by atoms with Gasteiger partial charge in [-0.15, -0.1) is 0 Å². The van der Waals surface area contributed by atoms with Gasteiger partial charge >= 0.3 is 0 Å². The summed E-state index contributed by atoms with van der Waals surface area (Å²) in [6, 6.07) is 2.38. The average molecular weight is 365 g/mol. The van der Waals surface area contributed by atoms with Crippen LogP contribution in [0, 0.1) is 11.7 Å². The van der Waals surface area contributed by atoms with Gasteiger partial charge in [0.1, 0.15) is 5.82 Å². The first-order valence-electron chi connectivity index (χ1n) is 6.01. The summed E-state index contributed by atoms with van der Waals surface area (Å²) in [5, 5.41) is 2.65. The third-order valence-electron chi connectivity index (χ3n) is 3.21. The van der Waals surface area contributed by atoms with Gasteiger partial charge in [-0.3, -0.25) is 4.79 Å². The fourth-order valence-electron chi connectivity index (χ4n) is 2.10. The molecule has 5 nitrogen and oxygen atoms in total. The Morgan fingerprint density at radius 1 is 1.50 bits per heavy atom. The summed E-state index contributed by atoms with van der Waals surface area (Å²) >= 11 is 3.10.